The van der Waals surface area contributed by atoms with Crippen LogP contribution in [-0.4, -0.2) is 61.7 Å². The van der Waals surface area contributed by atoms with E-state index in [0.29, 0.717) is 33.4 Å². The fraction of sp³-hybridized carbons (Fsp3) is 0.217. The Labute approximate surface area is 204 Å². The number of aryl methyl sites for hydroxylation is 1. The minimum Gasteiger partial charge on any atom is -0.488 e. The zero-order valence-corrected chi connectivity index (χ0v) is 19.3. The molecule has 3 aromatic rings. The maximum atomic E-state index is 12.5. The number of amides is 3. The van der Waals surface area contributed by atoms with E-state index in [1.807, 2.05) is 0 Å². The van der Waals surface area contributed by atoms with E-state index in [0.717, 1.165) is 4.90 Å². The van der Waals surface area contributed by atoms with Gasteiger partial charge in [0, 0.05) is 41.6 Å². The van der Waals surface area contributed by atoms with Crippen molar-refractivity contribution in [1.82, 2.24) is 14.7 Å². The summed E-state index contributed by atoms with van der Waals surface area (Å²) in [5.41, 5.74) is 2.32. The first kappa shape index (κ1) is 23.9. The number of aromatic nitrogens is 2. The topological polar surface area (TPSA) is 146 Å². The van der Waals surface area contributed by atoms with E-state index in [4.69, 9.17) is 16.3 Å². The lowest BCUT2D eigenvalue weighted by atomic mass is 10.1. The fourth-order valence-electron chi connectivity index (χ4n) is 3.88. The van der Waals surface area contributed by atoms with Gasteiger partial charge >= 0.3 is 18.1 Å². The van der Waals surface area contributed by atoms with Crippen LogP contribution >= 0.6 is 11.6 Å². The monoisotopic (exact) mass is 499 g/mol. The van der Waals surface area contributed by atoms with Crippen molar-refractivity contribution in [2.45, 2.75) is 18.6 Å². The van der Waals surface area contributed by atoms with Gasteiger partial charge in [-0.3, -0.25) is 9.58 Å². The average Bonchev–Trinajstić information content (AvgIpc) is 3.43. The van der Waals surface area contributed by atoms with Crippen LogP contribution in [0.25, 0.3) is 11.3 Å². The molecule has 1 fully saturated rings. The molecule has 182 valence electrons. The molecule has 3 amide bonds. The van der Waals surface area contributed by atoms with Crippen molar-refractivity contribution in [2.75, 3.05) is 17.2 Å². The number of nitrogens with one attached hydrogen (secondary N) is 2. The zero-order chi connectivity index (χ0) is 25.1. The normalized spacial score (nSPS) is 17.1. The number of ether oxygens (including phenoxy) is 1. The molecule has 35 heavy (non-hydrogen) atoms. The molecule has 11 nitrogen and oxygen atoms in total. The number of hydrogen-bond donors (Lipinski definition) is 4. The van der Waals surface area contributed by atoms with Gasteiger partial charge in [-0.25, -0.2) is 14.4 Å². The third-order valence-electron chi connectivity index (χ3n) is 5.52. The van der Waals surface area contributed by atoms with Crippen LogP contribution in [0, 0.1) is 0 Å². The number of carboxylic acids is 1. The molecule has 2 heterocycles. The lowest BCUT2D eigenvalue weighted by Gasteiger charge is -2.18. The van der Waals surface area contributed by atoms with Crippen LogP contribution in [0.3, 0.4) is 0 Å². The van der Waals surface area contributed by atoms with E-state index < -0.39 is 30.2 Å². The van der Waals surface area contributed by atoms with Gasteiger partial charge in [0.05, 0.1) is 12.2 Å². The van der Waals surface area contributed by atoms with Gasteiger partial charge in [0.25, 0.3) is 0 Å². The second kappa shape index (κ2) is 9.94. The van der Waals surface area contributed by atoms with E-state index in [1.54, 1.807) is 66.5 Å². The van der Waals surface area contributed by atoms with E-state index in [-0.39, 0.29) is 13.0 Å². The first-order valence-electron chi connectivity index (χ1n) is 10.6. The summed E-state index contributed by atoms with van der Waals surface area (Å²) in [6.45, 7) is -0.0827. The van der Waals surface area contributed by atoms with Crippen LogP contribution in [-0.2, 0) is 11.8 Å². The summed E-state index contributed by atoms with van der Waals surface area (Å²) in [7, 11) is 1.74. The van der Waals surface area contributed by atoms with Crippen molar-refractivity contribution < 1.29 is 29.3 Å². The molecule has 0 saturated carbocycles. The fourth-order valence-corrected chi connectivity index (χ4v) is 4.01. The van der Waals surface area contributed by atoms with Crippen molar-refractivity contribution in [1.29, 1.82) is 0 Å². The number of carbonyl (C=O) groups excluding carboxylic acids is 1. The number of halogens is 1. The number of aliphatic carboxylic acids is 1. The molecule has 0 bridgehead atoms. The molecule has 0 aliphatic carbocycles. The molecule has 2 aromatic carbocycles. The number of nitrogens with zero attached hydrogens (tertiary/aromatic N) is 3. The molecule has 1 saturated heterocycles. The number of carbonyl (C=O) groups is 3. The lowest BCUT2D eigenvalue weighted by molar-refractivity contribution is -0.141. The van der Waals surface area contributed by atoms with Crippen LogP contribution in [0.5, 0.6) is 5.75 Å². The number of rotatable bonds is 6. The number of hydrogen-bond acceptors (Lipinski definition) is 5. The number of likely N-dealkylation sites (tertiary alicyclic amines) is 1. The molecule has 4 rings (SSSR count). The molecule has 0 spiro atoms. The lowest BCUT2D eigenvalue weighted by Crippen LogP contribution is -2.39. The Balaban J connectivity index is 1.56. The van der Waals surface area contributed by atoms with Crippen LogP contribution in [0.2, 0.25) is 5.02 Å². The second-order valence-corrected chi connectivity index (χ2v) is 8.34. The summed E-state index contributed by atoms with van der Waals surface area (Å²) < 4.78 is 7.69. The van der Waals surface area contributed by atoms with Crippen LogP contribution < -0.4 is 15.4 Å². The Morgan fingerprint density at radius 1 is 1.06 bits per heavy atom. The van der Waals surface area contributed by atoms with Crippen molar-refractivity contribution in [3.05, 3.63) is 59.8 Å². The zero-order valence-electron chi connectivity index (χ0n) is 18.5. The molecular formula is C23H22ClN5O6. The second-order valence-electron chi connectivity index (χ2n) is 7.90. The summed E-state index contributed by atoms with van der Waals surface area (Å²) in [6, 6.07) is 11.8. The minimum atomic E-state index is -1.32. The molecule has 1 aliphatic heterocycles. The summed E-state index contributed by atoms with van der Waals surface area (Å²) in [5.74, 6) is -0.824. The van der Waals surface area contributed by atoms with Gasteiger partial charge in [0.2, 0.25) is 0 Å². The van der Waals surface area contributed by atoms with Gasteiger partial charge in [0.1, 0.15) is 17.9 Å². The van der Waals surface area contributed by atoms with Crippen molar-refractivity contribution in [3.8, 4) is 17.0 Å². The Morgan fingerprint density at radius 3 is 2.34 bits per heavy atom. The van der Waals surface area contributed by atoms with Gasteiger partial charge in [-0.05, 0) is 48.5 Å². The highest BCUT2D eigenvalue weighted by atomic mass is 35.5. The molecule has 0 unspecified atom stereocenters. The Hall–Kier alpha value is -4.25. The summed E-state index contributed by atoms with van der Waals surface area (Å²) >= 11 is 5.87. The highest BCUT2D eigenvalue weighted by Crippen LogP contribution is 2.35. The highest BCUT2D eigenvalue weighted by Gasteiger charge is 2.41. The van der Waals surface area contributed by atoms with Crippen LogP contribution in [0.4, 0.5) is 21.0 Å². The summed E-state index contributed by atoms with van der Waals surface area (Å²) in [5, 5.41) is 28.9. The smallest absolute Gasteiger partial charge is 0.408 e. The maximum Gasteiger partial charge on any atom is 0.408 e. The summed E-state index contributed by atoms with van der Waals surface area (Å²) in [6.07, 6.45) is -0.363. The van der Waals surface area contributed by atoms with E-state index in [2.05, 4.69) is 15.7 Å². The van der Waals surface area contributed by atoms with E-state index in [1.165, 1.54) is 0 Å². The highest BCUT2D eigenvalue weighted by molar-refractivity contribution is 6.30. The molecule has 12 heteroatoms. The van der Waals surface area contributed by atoms with Crippen molar-refractivity contribution >= 4 is 41.1 Å². The van der Waals surface area contributed by atoms with Crippen molar-refractivity contribution in [2.24, 2.45) is 7.05 Å². The van der Waals surface area contributed by atoms with Gasteiger partial charge in [0.15, 0.2) is 0 Å². The third-order valence-corrected chi connectivity index (χ3v) is 5.78. The summed E-state index contributed by atoms with van der Waals surface area (Å²) in [4.78, 5) is 36.3. The predicted octanol–water partition coefficient (Wildman–Crippen LogP) is 3.97. The van der Waals surface area contributed by atoms with Gasteiger partial charge in [-0.2, -0.15) is 5.10 Å². The first-order valence-corrected chi connectivity index (χ1v) is 10.9. The third kappa shape index (κ3) is 5.46. The van der Waals surface area contributed by atoms with Crippen LogP contribution in [0.15, 0.2) is 54.7 Å². The Bertz CT molecular complexity index is 1240. The Kier molecular flexibility index (Phi) is 6.78. The predicted molar refractivity (Wildman–Crippen MR) is 128 cm³/mol. The van der Waals surface area contributed by atoms with Crippen LogP contribution in [0.1, 0.15) is 6.42 Å². The number of carboxylic acid groups (broad SMARTS) is 2. The maximum absolute atomic E-state index is 12.5. The molecule has 2 atom stereocenters. The molecular weight excluding hydrogens is 478 g/mol. The molecule has 0 radical (unpaired) electrons. The molecule has 1 aliphatic rings. The van der Waals surface area contributed by atoms with Gasteiger partial charge in [-0.15, -0.1) is 0 Å². The quantitative estimate of drug-likeness (QED) is 0.401. The number of benzene rings is 2. The first-order chi connectivity index (χ1) is 16.7. The largest absolute Gasteiger partial charge is 0.488 e. The van der Waals surface area contributed by atoms with E-state index >= 15 is 0 Å². The average molecular weight is 500 g/mol. The Morgan fingerprint density at radius 2 is 1.74 bits per heavy atom. The van der Waals surface area contributed by atoms with Crippen molar-refractivity contribution in [3.63, 3.8) is 0 Å². The van der Waals surface area contributed by atoms with Gasteiger partial charge < -0.3 is 25.6 Å². The minimum absolute atomic E-state index is 0.00988. The van der Waals surface area contributed by atoms with E-state index in [9.17, 15) is 24.6 Å². The SMILES string of the molecule is Cn1nccc1-c1cc(NC(=O)Nc2ccc(Cl)cc2)ccc1O[C@H]1C[C@@H](C(=O)O)N(C(=O)O)C1. The number of anilines is 2. The molecule has 1 aromatic heterocycles. The molecule has 4 N–H and O–H groups in total. The van der Waals surface area contributed by atoms with Gasteiger partial charge in [-0.1, -0.05) is 11.6 Å². The number of urea groups is 1. The standard InChI is InChI=1S/C23H22ClN5O6/c1-28-18(8-9-25-28)17-10-15(27-22(32)26-14-4-2-13(24)3-5-14)6-7-20(17)35-16-11-19(21(30)31)29(12-16)23(33)34/h2-10,16,19H,11-12H2,1H3,(H,30,31)(H,33,34)(H2,26,27,32)/t16-,19-/m0/s1.